The Kier molecular flexibility index (Phi) is 8.13. The molecular weight excluding hydrogens is 505 g/mol. The smallest absolute Gasteiger partial charge is 0.315 e. The number of carbonyl (C=O) groups excluding carboxylic acids is 1. The van der Waals surface area contributed by atoms with Gasteiger partial charge >= 0.3 is 6.03 Å². The normalized spacial score (nSPS) is 11.6. The van der Waals surface area contributed by atoms with Crippen LogP contribution in [0.25, 0.3) is 0 Å². The molecule has 0 saturated heterocycles. The summed E-state index contributed by atoms with van der Waals surface area (Å²) >= 11 is 2.25. The molecule has 0 heterocycles. The Morgan fingerprint density at radius 1 is 1.06 bits per heavy atom. The summed E-state index contributed by atoms with van der Waals surface area (Å²) < 4.78 is 6.96. The molecule has 0 fully saturated rings. The molecule has 7 heteroatoms. The lowest BCUT2D eigenvalue weighted by atomic mass is 10.0. The van der Waals surface area contributed by atoms with Gasteiger partial charge in [-0.1, -0.05) is 36.4 Å². The summed E-state index contributed by atoms with van der Waals surface area (Å²) in [5.41, 5.74) is 9.36. The van der Waals surface area contributed by atoms with Crippen molar-refractivity contribution in [1.29, 1.82) is 0 Å². The van der Waals surface area contributed by atoms with Gasteiger partial charge in [-0.15, -0.1) is 0 Å². The number of benzene rings is 3. The molecule has 3 aromatic carbocycles. The third kappa shape index (κ3) is 7.15. The van der Waals surface area contributed by atoms with Crippen LogP contribution in [0.4, 0.5) is 4.79 Å². The molecule has 162 valence electrons. The number of hydrogen-bond acceptors (Lipinski definition) is 4. The van der Waals surface area contributed by atoms with E-state index >= 15 is 0 Å². The summed E-state index contributed by atoms with van der Waals surface area (Å²) in [5, 5.41) is 15.1. The van der Waals surface area contributed by atoms with Crippen molar-refractivity contribution in [2.24, 2.45) is 5.73 Å². The topological polar surface area (TPSA) is 96.6 Å². The van der Waals surface area contributed by atoms with Gasteiger partial charge in [-0.05, 0) is 83.0 Å². The Balaban J connectivity index is 1.50. The number of phenols is 1. The monoisotopic (exact) mass is 531 g/mol. The van der Waals surface area contributed by atoms with Crippen LogP contribution in [-0.4, -0.2) is 23.7 Å². The molecule has 0 bridgehead atoms. The molecule has 6 nitrogen and oxygen atoms in total. The van der Waals surface area contributed by atoms with Crippen molar-refractivity contribution >= 4 is 28.6 Å². The van der Waals surface area contributed by atoms with Crippen LogP contribution in [0.1, 0.15) is 16.7 Å². The average molecular weight is 531 g/mol. The van der Waals surface area contributed by atoms with Crippen molar-refractivity contribution in [2.75, 3.05) is 6.54 Å². The molecule has 0 aliphatic carbocycles. The Hall–Kier alpha value is -2.78. The van der Waals surface area contributed by atoms with E-state index in [1.807, 2.05) is 49.4 Å². The maximum atomic E-state index is 12.0. The minimum absolute atomic E-state index is 0.200. The first kappa shape index (κ1) is 22.9. The van der Waals surface area contributed by atoms with Gasteiger partial charge in [0.15, 0.2) is 0 Å². The molecule has 3 aromatic rings. The van der Waals surface area contributed by atoms with Crippen LogP contribution < -0.4 is 21.1 Å². The maximum Gasteiger partial charge on any atom is 0.315 e. The minimum atomic E-state index is -0.234. The summed E-state index contributed by atoms with van der Waals surface area (Å²) in [4.78, 5) is 12.0. The van der Waals surface area contributed by atoms with Gasteiger partial charge in [0.25, 0.3) is 0 Å². The zero-order valence-corrected chi connectivity index (χ0v) is 19.4. The number of nitrogens with one attached hydrogen (secondary N) is 2. The van der Waals surface area contributed by atoms with Gasteiger partial charge < -0.3 is 26.2 Å². The number of ether oxygens (including phenoxy) is 1. The summed E-state index contributed by atoms with van der Waals surface area (Å²) in [5.74, 6) is 1.64. The number of rotatable bonds is 8. The molecule has 0 unspecified atom stereocenters. The predicted molar refractivity (Wildman–Crippen MR) is 130 cm³/mol. The fraction of sp³-hybridized carbons (Fsp3) is 0.208. The van der Waals surface area contributed by atoms with Crippen LogP contribution in [0.3, 0.4) is 0 Å². The fourth-order valence-electron chi connectivity index (χ4n) is 3.12. The van der Waals surface area contributed by atoms with E-state index in [-0.39, 0.29) is 17.8 Å². The van der Waals surface area contributed by atoms with Crippen molar-refractivity contribution in [3.8, 4) is 17.2 Å². The second kappa shape index (κ2) is 11.0. The number of aromatic hydroxyl groups is 1. The van der Waals surface area contributed by atoms with Gasteiger partial charge in [-0.25, -0.2) is 4.79 Å². The molecule has 2 amide bonds. The van der Waals surface area contributed by atoms with E-state index in [4.69, 9.17) is 10.5 Å². The highest BCUT2D eigenvalue weighted by atomic mass is 127. The molecule has 5 N–H and O–H groups in total. The van der Waals surface area contributed by atoms with E-state index in [9.17, 15) is 9.90 Å². The molecule has 1 atom stereocenters. The second-order valence-electron chi connectivity index (χ2n) is 7.33. The molecule has 0 saturated carbocycles. The van der Waals surface area contributed by atoms with E-state index in [0.717, 1.165) is 26.0 Å². The van der Waals surface area contributed by atoms with Crippen molar-refractivity contribution in [2.45, 2.75) is 25.9 Å². The standard InChI is InChI=1S/C24H26IN3O3/c1-16-11-18(13-22(25)23(16)31-21-9-7-20(29)8-10-21)12-19(26)15-28-24(30)27-14-17-5-3-2-4-6-17/h2-11,13,19,29H,12,14-15,26H2,1H3,(H2,27,28,30)/t19-/m0/s1. The summed E-state index contributed by atoms with van der Waals surface area (Å²) in [6, 6.07) is 20.0. The molecule has 0 aliphatic heterocycles. The minimum Gasteiger partial charge on any atom is -0.508 e. The first-order valence-electron chi connectivity index (χ1n) is 9.98. The highest BCUT2D eigenvalue weighted by Crippen LogP contribution is 2.32. The number of nitrogens with two attached hydrogens (primary N) is 1. The first-order chi connectivity index (χ1) is 14.9. The van der Waals surface area contributed by atoms with E-state index < -0.39 is 0 Å². The van der Waals surface area contributed by atoms with Crippen LogP contribution in [-0.2, 0) is 13.0 Å². The van der Waals surface area contributed by atoms with Crippen molar-refractivity contribution < 1.29 is 14.6 Å². The molecule has 0 radical (unpaired) electrons. The van der Waals surface area contributed by atoms with E-state index in [1.165, 1.54) is 0 Å². The van der Waals surface area contributed by atoms with Crippen LogP contribution in [0.15, 0.2) is 66.7 Å². The third-order valence-electron chi connectivity index (χ3n) is 4.66. The molecule has 31 heavy (non-hydrogen) atoms. The number of amides is 2. The van der Waals surface area contributed by atoms with Crippen LogP contribution in [0.2, 0.25) is 0 Å². The third-order valence-corrected chi connectivity index (χ3v) is 5.47. The van der Waals surface area contributed by atoms with Gasteiger partial charge in [0, 0.05) is 19.1 Å². The van der Waals surface area contributed by atoms with Crippen LogP contribution >= 0.6 is 22.6 Å². The lowest BCUT2D eigenvalue weighted by Gasteiger charge is -2.16. The molecular formula is C24H26IN3O3. The average Bonchev–Trinajstić information content (AvgIpc) is 2.75. The van der Waals surface area contributed by atoms with Gasteiger partial charge in [0.05, 0.1) is 3.57 Å². The lowest BCUT2D eigenvalue weighted by Crippen LogP contribution is -2.43. The zero-order valence-electron chi connectivity index (χ0n) is 17.3. The highest BCUT2D eigenvalue weighted by Gasteiger charge is 2.12. The molecule has 0 aliphatic rings. The van der Waals surface area contributed by atoms with E-state index in [0.29, 0.717) is 25.3 Å². The predicted octanol–water partition coefficient (Wildman–Crippen LogP) is 4.47. The molecule has 3 rings (SSSR count). The fourth-order valence-corrected chi connectivity index (χ4v) is 4.06. The Bertz CT molecular complexity index is 987. The number of halogens is 1. The van der Waals surface area contributed by atoms with Crippen molar-refractivity contribution in [1.82, 2.24) is 10.6 Å². The Morgan fingerprint density at radius 2 is 1.77 bits per heavy atom. The quantitative estimate of drug-likeness (QED) is 0.323. The lowest BCUT2D eigenvalue weighted by molar-refractivity contribution is 0.239. The molecule has 0 spiro atoms. The molecule has 0 aromatic heterocycles. The number of carbonyl (C=O) groups is 1. The van der Waals surface area contributed by atoms with Crippen LogP contribution in [0.5, 0.6) is 17.2 Å². The van der Waals surface area contributed by atoms with E-state index in [2.05, 4.69) is 33.2 Å². The van der Waals surface area contributed by atoms with Crippen molar-refractivity contribution in [3.63, 3.8) is 0 Å². The second-order valence-corrected chi connectivity index (χ2v) is 8.50. The van der Waals surface area contributed by atoms with Crippen LogP contribution in [0, 0.1) is 10.5 Å². The summed E-state index contributed by atoms with van der Waals surface area (Å²) in [6.45, 7) is 2.84. The van der Waals surface area contributed by atoms with Gasteiger partial charge in [0.2, 0.25) is 0 Å². The summed E-state index contributed by atoms with van der Waals surface area (Å²) in [6.07, 6.45) is 0.634. The largest absolute Gasteiger partial charge is 0.508 e. The summed E-state index contributed by atoms with van der Waals surface area (Å²) in [7, 11) is 0. The van der Waals surface area contributed by atoms with E-state index in [1.54, 1.807) is 24.3 Å². The number of aryl methyl sites for hydroxylation is 1. The van der Waals surface area contributed by atoms with Crippen molar-refractivity contribution in [3.05, 3.63) is 87.0 Å². The Morgan fingerprint density at radius 3 is 2.45 bits per heavy atom. The highest BCUT2D eigenvalue weighted by molar-refractivity contribution is 14.1. The maximum absolute atomic E-state index is 12.0. The van der Waals surface area contributed by atoms with Gasteiger partial charge in [-0.2, -0.15) is 0 Å². The van der Waals surface area contributed by atoms with Gasteiger partial charge in [-0.3, -0.25) is 0 Å². The zero-order chi connectivity index (χ0) is 22.2. The number of hydrogen-bond donors (Lipinski definition) is 4. The number of phenolic OH excluding ortho intramolecular Hbond substituents is 1. The number of urea groups is 1. The Labute approximate surface area is 196 Å². The first-order valence-corrected chi connectivity index (χ1v) is 11.1. The SMILES string of the molecule is Cc1cc(C[C@H](N)CNC(=O)NCc2ccccc2)cc(I)c1Oc1ccc(O)cc1. The van der Waals surface area contributed by atoms with Gasteiger partial charge in [0.1, 0.15) is 17.2 Å².